The van der Waals surface area contributed by atoms with Gasteiger partial charge in [0.05, 0.1) is 11.5 Å². The molecule has 4 aliphatic rings. The van der Waals surface area contributed by atoms with E-state index in [-0.39, 0.29) is 6.42 Å². The maximum Gasteiger partial charge on any atom is 0.342 e. The smallest absolute Gasteiger partial charge is 0.342 e. The van der Waals surface area contributed by atoms with E-state index in [1.165, 1.54) is 20.8 Å². The predicted octanol–water partition coefficient (Wildman–Crippen LogP) is 1.77. The van der Waals surface area contributed by atoms with Gasteiger partial charge >= 0.3 is 23.9 Å². The maximum absolute atomic E-state index is 12.9. The second-order valence-electron chi connectivity index (χ2n) is 10.7. The molecule has 2 saturated heterocycles. The fraction of sp³-hybridized carbons (Fsp3) is 0.692. The molecule has 10 atom stereocenters. The van der Waals surface area contributed by atoms with Gasteiger partial charge in [-0.25, -0.2) is 4.79 Å². The highest BCUT2D eigenvalue weighted by Crippen LogP contribution is 2.65. The van der Waals surface area contributed by atoms with Gasteiger partial charge in [-0.3, -0.25) is 14.4 Å². The van der Waals surface area contributed by atoms with Crippen LogP contribution in [0.5, 0.6) is 0 Å². The van der Waals surface area contributed by atoms with Crippen molar-refractivity contribution in [3.63, 3.8) is 0 Å². The third-order valence-corrected chi connectivity index (χ3v) is 8.37. The first-order valence-corrected chi connectivity index (χ1v) is 12.2. The van der Waals surface area contributed by atoms with Gasteiger partial charge < -0.3 is 28.8 Å². The van der Waals surface area contributed by atoms with Crippen molar-refractivity contribution in [3.05, 3.63) is 23.8 Å². The number of ether oxygens (including phenoxy) is 5. The van der Waals surface area contributed by atoms with E-state index in [0.717, 1.165) is 0 Å². The first-order valence-electron chi connectivity index (χ1n) is 12.2. The monoisotopic (exact) mass is 506 g/mol. The van der Waals surface area contributed by atoms with Gasteiger partial charge in [-0.2, -0.15) is 0 Å². The standard InChI is InChI=1S/C26H34O10/c1-12-8-9-18(32-14(3)27)24(6)19(33-15(4)28)11-17(30)13(2)21(24)22(34-16(5)29)26-20(10-12)35-23(31)25(26,7)36-26/h8-10,13,17-22,30H,11H2,1-7H3/b9-8+,12-10-/t13-,17-,18-,19-,20-,21+,22-,24-,25-,26-/m0/s1. The Morgan fingerprint density at radius 2 is 1.67 bits per heavy atom. The number of hydrogen-bond acceptors (Lipinski definition) is 10. The average molecular weight is 507 g/mol. The minimum Gasteiger partial charge on any atom is -0.462 e. The van der Waals surface area contributed by atoms with Gasteiger partial charge in [-0.15, -0.1) is 0 Å². The van der Waals surface area contributed by atoms with Gasteiger partial charge in [-0.1, -0.05) is 25.5 Å². The number of esters is 4. The summed E-state index contributed by atoms with van der Waals surface area (Å²) in [5.41, 5.74) is -3.28. The molecule has 0 bridgehead atoms. The minimum absolute atomic E-state index is 0.0744. The van der Waals surface area contributed by atoms with Crippen LogP contribution < -0.4 is 0 Å². The van der Waals surface area contributed by atoms with Gasteiger partial charge in [0.2, 0.25) is 0 Å². The van der Waals surface area contributed by atoms with Crippen molar-refractivity contribution in [2.75, 3.05) is 0 Å². The van der Waals surface area contributed by atoms with Crippen LogP contribution >= 0.6 is 0 Å². The van der Waals surface area contributed by atoms with E-state index in [2.05, 4.69) is 0 Å². The molecule has 36 heavy (non-hydrogen) atoms. The quantitative estimate of drug-likeness (QED) is 0.342. The number of hydrogen-bond donors (Lipinski definition) is 1. The molecule has 2 heterocycles. The zero-order chi connectivity index (χ0) is 26.8. The summed E-state index contributed by atoms with van der Waals surface area (Å²) in [6.07, 6.45) is 0.419. The molecule has 1 saturated carbocycles. The van der Waals surface area contributed by atoms with Crippen LogP contribution in [-0.4, -0.2) is 70.7 Å². The van der Waals surface area contributed by atoms with Crippen molar-refractivity contribution in [3.8, 4) is 0 Å². The molecule has 3 fully saturated rings. The normalized spacial score (nSPS) is 47.5. The second kappa shape index (κ2) is 8.69. The summed E-state index contributed by atoms with van der Waals surface area (Å²) in [4.78, 5) is 49.8. The lowest BCUT2D eigenvalue weighted by atomic mass is 9.53. The van der Waals surface area contributed by atoms with Crippen LogP contribution in [0.1, 0.15) is 54.9 Å². The number of rotatable bonds is 3. The van der Waals surface area contributed by atoms with Crippen molar-refractivity contribution >= 4 is 23.9 Å². The summed E-state index contributed by atoms with van der Waals surface area (Å²) in [7, 11) is 0. The number of aliphatic hydroxyl groups excluding tert-OH is 1. The van der Waals surface area contributed by atoms with Gasteiger partial charge in [0.25, 0.3) is 0 Å². The Kier molecular flexibility index (Phi) is 6.36. The zero-order valence-corrected chi connectivity index (χ0v) is 21.6. The fourth-order valence-electron chi connectivity index (χ4n) is 6.56. The number of epoxide rings is 1. The molecule has 4 rings (SSSR count). The lowest BCUT2D eigenvalue weighted by Gasteiger charge is -2.56. The maximum atomic E-state index is 12.9. The lowest BCUT2D eigenvalue weighted by molar-refractivity contribution is -0.224. The van der Waals surface area contributed by atoms with Crippen LogP contribution in [0.3, 0.4) is 0 Å². The highest BCUT2D eigenvalue weighted by molar-refractivity contribution is 5.89. The Morgan fingerprint density at radius 1 is 1.06 bits per heavy atom. The van der Waals surface area contributed by atoms with Crippen molar-refractivity contribution in [1.82, 2.24) is 0 Å². The van der Waals surface area contributed by atoms with E-state index in [1.54, 1.807) is 45.9 Å². The van der Waals surface area contributed by atoms with Crippen LogP contribution in [0.4, 0.5) is 0 Å². The summed E-state index contributed by atoms with van der Waals surface area (Å²) >= 11 is 0. The number of carbonyl (C=O) groups is 4. The molecular weight excluding hydrogens is 472 g/mol. The van der Waals surface area contributed by atoms with Gasteiger partial charge in [0.15, 0.2) is 17.3 Å². The zero-order valence-electron chi connectivity index (χ0n) is 21.6. The van der Waals surface area contributed by atoms with Gasteiger partial charge in [0, 0.05) is 33.1 Å². The van der Waals surface area contributed by atoms with E-state index < -0.39 is 82.8 Å². The molecule has 0 aromatic carbocycles. The van der Waals surface area contributed by atoms with Crippen LogP contribution in [0, 0.1) is 17.3 Å². The molecule has 10 heteroatoms. The third kappa shape index (κ3) is 3.76. The highest BCUT2D eigenvalue weighted by atomic mass is 16.7. The molecule has 1 N–H and O–H groups in total. The number of carbonyl (C=O) groups excluding carboxylic acids is 4. The van der Waals surface area contributed by atoms with Crippen LogP contribution in [0.15, 0.2) is 23.8 Å². The Morgan fingerprint density at radius 3 is 2.22 bits per heavy atom. The third-order valence-electron chi connectivity index (χ3n) is 8.37. The SMILES string of the molecule is CC(=O)O[C@H]1/C=C/C(C)=C\[C@@H]2OC(=O)[C@]3(C)O[C@]23[C@@H](OC(C)=O)[C@H]2[C@@H](C)[C@@H](O)C[C@H](OC(C)=O)[C@@]21C. The molecule has 10 nitrogen and oxygen atoms in total. The first-order chi connectivity index (χ1) is 16.7. The molecular formula is C26H34O10. The van der Waals surface area contributed by atoms with E-state index in [4.69, 9.17) is 23.7 Å². The summed E-state index contributed by atoms with van der Waals surface area (Å²) in [5, 5.41) is 11.1. The van der Waals surface area contributed by atoms with Crippen molar-refractivity contribution < 1.29 is 48.0 Å². The number of aliphatic hydroxyl groups is 1. The molecule has 0 aromatic rings. The largest absolute Gasteiger partial charge is 0.462 e. The van der Waals surface area contributed by atoms with Gasteiger partial charge in [0.1, 0.15) is 18.3 Å². The number of fused-ring (bicyclic) bond motifs is 1. The first kappa shape index (κ1) is 26.3. The minimum atomic E-state index is -1.39. The van der Waals surface area contributed by atoms with E-state index in [0.29, 0.717) is 5.57 Å². The molecule has 0 unspecified atom stereocenters. The highest BCUT2D eigenvalue weighted by Gasteiger charge is 2.87. The van der Waals surface area contributed by atoms with E-state index in [9.17, 15) is 24.3 Å². The summed E-state index contributed by atoms with van der Waals surface area (Å²) in [5.74, 6) is -3.67. The fourth-order valence-corrected chi connectivity index (χ4v) is 6.56. The molecule has 0 amide bonds. The molecule has 0 aromatic heterocycles. The van der Waals surface area contributed by atoms with Crippen molar-refractivity contribution in [1.29, 1.82) is 0 Å². The second-order valence-corrected chi connectivity index (χ2v) is 10.7. The molecule has 1 spiro atoms. The lowest BCUT2D eigenvalue weighted by Crippen LogP contribution is -2.65. The summed E-state index contributed by atoms with van der Waals surface area (Å²) in [6.45, 7) is 10.7. The average Bonchev–Trinajstić information content (AvgIpc) is 3.34. The molecule has 2 aliphatic carbocycles. The topological polar surface area (TPSA) is 138 Å². The van der Waals surface area contributed by atoms with Crippen molar-refractivity contribution in [2.24, 2.45) is 17.3 Å². The Hall–Kier alpha value is -2.72. The van der Waals surface area contributed by atoms with Crippen LogP contribution in [-0.2, 0) is 42.9 Å². The molecule has 2 aliphatic heterocycles. The molecule has 198 valence electrons. The Bertz CT molecular complexity index is 1050. The van der Waals surface area contributed by atoms with E-state index in [1.807, 2.05) is 0 Å². The van der Waals surface area contributed by atoms with E-state index >= 15 is 0 Å². The van der Waals surface area contributed by atoms with Crippen molar-refractivity contribution in [2.45, 2.75) is 96.6 Å². The Labute approximate surface area is 209 Å². The number of allylic oxidation sites excluding steroid dienone is 2. The van der Waals surface area contributed by atoms with Gasteiger partial charge in [-0.05, 0) is 31.9 Å². The van der Waals surface area contributed by atoms with Crippen LogP contribution in [0.2, 0.25) is 0 Å². The van der Waals surface area contributed by atoms with Crippen LogP contribution in [0.25, 0.3) is 0 Å². The molecule has 0 radical (unpaired) electrons. The summed E-state index contributed by atoms with van der Waals surface area (Å²) < 4.78 is 29.3. The predicted molar refractivity (Wildman–Crippen MR) is 123 cm³/mol. The summed E-state index contributed by atoms with van der Waals surface area (Å²) in [6, 6.07) is 0. The Balaban J connectivity index is 2.01.